The number of thioether (sulfide) groups is 1. The van der Waals surface area contributed by atoms with Gasteiger partial charge in [0.1, 0.15) is 11.6 Å². The fourth-order valence-electron chi connectivity index (χ4n) is 2.28. The lowest BCUT2D eigenvalue weighted by molar-refractivity contribution is -0.121. The van der Waals surface area contributed by atoms with Gasteiger partial charge in [-0.25, -0.2) is 4.39 Å². The Bertz CT molecular complexity index is 778. The van der Waals surface area contributed by atoms with Crippen molar-refractivity contribution in [3.8, 4) is 0 Å². The number of carbonyl (C=O) groups excluding carboxylic acids is 2. The van der Waals surface area contributed by atoms with Crippen molar-refractivity contribution in [2.24, 2.45) is 12.8 Å². The van der Waals surface area contributed by atoms with Gasteiger partial charge in [-0.1, -0.05) is 23.9 Å². The van der Waals surface area contributed by atoms with Crippen LogP contribution in [0.2, 0.25) is 0 Å². The maximum atomic E-state index is 13.0. The number of benzene rings is 1. The highest BCUT2D eigenvalue weighted by Crippen LogP contribution is 2.23. The van der Waals surface area contributed by atoms with E-state index in [9.17, 15) is 14.0 Å². The Morgan fingerprint density at radius 1 is 1.27 bits per heavy atom. The fraction of sp³-hybridized carbons (Fsp3) is 0.412. The molecule has 2 amide bonds. The van der Waals surface area contributed by atoms with Crippen molar-refractivity contribution in [2.75, 3.05) is 0 Å². The third kappa shape index (κ3) is 5.29. The average Bonchev–Trinajstić information content (AvgIpc) is 2.93. The summed E-state index contributed by atoms with van der Waals surface area (Å²) in [6.45, 7) is 3.61. The zero-order chi connectivity index (χ0) is 19.3. The number of rotatable bonds is 8. The first-order valence-corrected chi connectivity index (χ1v) is 9.05. The molecule has 0 radical (unpaired) electrons. The Morgan fingerprint density at radius 3 is 2.54 bits per heavy atom. The van der Waals surface area contributed by atoms with Gasteiger partial charge >= 0.3 is 0 Å². The van der Waals surface area contributed by atoms with Gasteiger partial charge in [0.05, 0.1) is 11.3 Å². The summed E-state index contributed by atoms with van der Waals surface area (Å²) in [6, 6.07) is 5.78. The molecule has 2 rings (SSSR count). The van der Waals surface area contributed by atoms with Crippen LogP contribution < -0.4 is 11.1 Å². The second-order valence-corrected chi connectivity index (χ2v) is 7.27. The monoisotopic (exact) mass is 379 g/mol. The first-order valence-electron chi connectivity index (χ1n) is 8.17. The summed E-state index contributed by atoms with van der Waals surface area (Å²) in [7, 11) is 1.78. The van der Waals surface area contributed by atoms with E-state index in [0.29, 0.717) is 17.4 Å². The molecular formula is C17H22FN5O2S. The molecule has 0 aliphatic heterocycles. The molecule has 0 bridgehead atoms. The van der Waals surface area contributed by atoms with Crippen LogP contribution in [0.5, 0.6) is 0 Å². The number of aromatic nitrogens is 3. The molecule has 1 aromatic heterocycles. The molecule has 7 nitrogen and oxygen atoms in total. The number of nitrogens with one attached hydrogen (secondary N) is 1. The van der Waals surface area contributed by atoms with Crippen molar-refractivity contribution in [3.05, 3.63) is 41.5 Å². The SMILES string of the molecule is C[C@H](Sc1nnc(CCC(N)=O)n1C)C(=O)N[C@@H](C)c1ccc(F)cc1. The van der Waals surface area contributed by atoms with Gasteiger partial charge in [-0.2, -0.15) is 0 Å². The highest BCUT2D eigenvalue weighted by atomic mass is 32.2. The predicted octanol–water partition coefficient (Wildman–Crippen LogP) is 1.73. The molecule has 9 heteroatoms. The van der Waals surface area contributed by atoms with E-state index < -0.39 is 11.2 Å². The predicted molar refractivity (Wildman–Crippen MR) is 96.8 cm³/mol. The van der Waals surface area contributed by atoms with Gasteiger partial charge in [0.2, 0.25) is 11.8 Å². The summed E-state index contributed by atoms with van der Waals surface area (Å²) in [5.74, 6) is -0.234. The molecule has 26 heavy (non-hydrogen) atoms. The van der Waals surface area contributed by atoms with E-state index in [1.165, 1.54) is 23.9 Å². The Kier molecular flexibility index (Phi) is 6.73. The van der Waals surface area contributed by atoms with Crippen LogP contribution in [0.1, 0.15) is 37.7 Å². The molecule has 1 heterocycles. The van der Waals surface area contributed by atoms with Crippen molar-refractivity contribution in [1.82, 2.24) is 20.1 Å². The van der Waals surface area contributed by atoms with E-state index in [-0.39, 0.29) is 24.2 Å². The minimum atomic E-state index is -0.398. The van der Waals surface area contributed by atoms with Crippen LogP contribution >= 0.6 is 11.8 Å². The number of amides is 2. The quantitative estimate of drug-likeness (QED) is 0.680. The summed E-state index contributed by atoms with van der Waals surface area (Å²) in [6.07, 6.45) is 0.601. The average molecular weight is 379 g/mol. The molecule has 0 spiro atoms. The highest BCUT2D eigenvalue weighted by Gasteiger charge is 2.20. The molecule has 0 fully saturated rings. The van der Waals surface area contributed by atoms with E-state index in [4.69, 9.17) is 5.73 Å². The van der Waals surface area contributed by atoms with Crippen LogP contribution in [0, 0.1) is 5.82 Å². The minimum Gasteiger partial charge on any atom is -0.370 e. The van der Waals surface area contributed by atoms with Gasteiger partial charge in [0, 0.05) is 19.9 Å². The number of carbonyl (C=O) groups is 2. The van der Waals surface area contributed by atoms with Crippen molar-refractivity contribution in [2.45, 2.75) is 43.1 Å². The van der Waals surface area contributed by atoms with E-state index in [1.807, 2.05) is 6.92 Å². The number of halogens is 1. The van der Waals surface area contributed by atoms with Gasteiger partial charge in [0.25, 0.3) is 0 Å². The van der Waals surface area contributed by atoms with E-state index >= 15 is 0 Å². The molecule has 2 atom stereocenters. The van der Waals surface area contributed by atoms with Crippen LogP contribution in [-0.2, 0) is 23.1 Å². The smallest absolute Gasteiger partial charge is 0.233 e. The Labute approximate surface area is 155 Å². The minimum absolute atomic E-state index is 0.159. The number of nitrogens with two attached hydrogens (primary N) is 1. The zero-order valence-electron chi connectivity index (χ0n) is 14.9. The first kappa shape index (κ1) is 19.9. The Balaban J connectivity index is 1.94. The second kappa shape index (κ2) is 8.79. The normalized spacial score (nSPS) is 13.2. The van der Waals surface area contributed by atoms with Gasteiger partial charge in [-0.05, 0) is 31.5 Å². The van der Waals surface area contributed by atoms with Crippen LogP contribution in [-0.4, -0.2) is 31.8 Å². The third-order valence-corrected chi connectivity index (χ3v) is 5.03. The summed E-state index contributed by atoms with van der Waals surface area (Å²) in [5, 5.41) is 11.2. The van der Waals surface area contributed by atoms with Gasteiger partial charge in [-0.15, -0.1) is 10.2 Å². The van der Waals surface area contributed by atoms with Crippen LogP contribution in [0.4, 0.5) is 4.39 Å². The second-order valence-electron chi connectivity index (χ2n) is 5.97. The fourth-order valence-corrected chi connectivity index (χ4v) is 3.12. The van der Waals surface area contributed by atoms with E-state index in [1.54, 1.807) is 30.7 Å². The van der Waals surface area contributed by atoms with Crippen molar-refractivity contribution in [1.29, 1.82) is 0 Å². The number of hydrogen-bond acceptors (Lipinski definition) is 5. The maximum absolute atomic E-state index is 13.0. The lowest BCUT2D eigenvalue weighted by Crippen LogP contribution is -2.33. The third-order valence-electron chi connectivity index (χ3n) is 3.90. The summed E-state index contributed by atoms with van der Waals surface area (Å²) < 4.78 is 14.7. The molecular weight excluding hydrogens is 357 g/mol. The van der Waals surface area contributed by atoms with Crippen LogP contribution in [0.3, 0.4) is 0 Å². The molecule has 1 aromatic carbocycles. The lowest BCUT2D eigenvalue weighted by Gasteiger charge is -2.17. The molecule has 0 unspecified atom stereocenters. The van der Waals surface area contributed by atoms with Crippen LogP contribution in [0.25, 0.3) is 0 Å². The first-order chi connectivity index (χ1) is 12.3. The Hall–Kier alpha value is -2.42. The largest absolute Gasteiger partial charge is 0.370 e. The maximum Gasteiger partial charge on any atom is 0.233 e. The van der Waals surface area contributed by atoms with E-state index in [2.05, 4.69) is 15.5 Å². The molecule has 0 saturated carbocycles. The molecule has 0 aliphatic rings. The van der Waals surface area contributed by atoms with Crippen LogP contribution in [0.15, 0.2) is 29.4 Å². The van der Waals surface area contributed by atoms with E-state index in [0.717, 1.165) is 5.56 Å². The summed E-state index contributed by atoms with van der Waals surface area (Å²) in [5.41, 5.74) is 5.97. The van der Waals surface area contributed by atoms with Crippen molar-refractivity contribution >= 4 is 23.6 Å². The standard InChI is InChI=1S/C17H22FN5O2S/c1-10(12-4-6-13(18)7-5-12)20-16(25)11(2)26-17-22-21-15(23(17)3)9-8-14(19)24/h4-7,10-11H,8-9H2,1-3H3,(H2,19,24)(H,20,25)/t10-,11-/m0/s1. The lowest BCUT2D eigenvalue weighted by atomic mass is 10.1. The number of hydrogen-bond donors (Lipinski definition) is 2. The number of primary amides is 1. The summed E-state index contributed by atoms with van der Waals surface area (Å²) >= 11 is 1.27. The Morgan fingerprint density at radius 2 is 1.92 bits per heavy atom. The molecule has 0 aliphatic carbocycles. The molecule has 3 N–H and O–H groups in total. The van der Waals surface area contributed by atoms with Crippen molar-refractivity contribution < 1.29 is 14.0 Å². The van der Waals surface area contributed by atoms with Gasteiger partial charge in [-0.3, -0.25) is 9.59 Å². The molecule has 0 saturated heterocycles. The number of aryl methyl sites for hydroxylation is 1. The summed E-state index contributed by atoms with van der Waals surface area (Å²) in [4.78, 5) is 23.3. The van der Waals surface area contributed by atoms with Crippen molar-refractivity contribution in [3.63, 3.8) is 0 Å². The number of nitrogens with zero attached hydrogens (tertiary/aromatic N) is 3. The molecule has 2 aromatic rings. The van der Waals surface area contributed by atoms with Gasteiger partial charge in [0.15, 0.2) is 5.16 Å². The highest BCUT2D eigenvalue weighted by molar-refractivity contribution is 8.00. The molecule has 140 valence electrons. The van der Waals surface area contributed by atoms with Gasteiger partial charge < -0.3 is 15.6 Å². The topological polar surface area (TPSA) is 103 Å². The zero-order valence-corrected chi connectivity index (χ0v) is 15.7.